The maximum absolute atomic E-state index is 13.9. The van der Waals surface area contributed by atoms with Crippen LogP contribution in [0.3, 0.4) is 0 Å². The summed E-state index contributed by atoms with van der Waals surface area (Å²) in [5, 5.41) is 4.96. The number of hydrogen-bond donors (Lipinski definition) is 1. The van der Waals surface area contributed by atoms with Crippen LogP contribution in [0.1, 0.15) is 6.42 Å². The van der Waals surface area contributed by atoms with Gasteiger partial charge in [-0.2, -0.15) is 0 Å². The second kappa shape index (κ2) is 5.18. The van der Waals surface area contributed by atoms with E-state index >= 15 is 0 Å². The predicted molar refractivity (Wildman–Crippen MR) is 72.5 cm³/mol. The largest absolute Gasteiger partial charge is 0.309 e. The Morgan fingerprint density at radius 1 is 1.47 bits per heavy atom. The minimum atomic E-state index is -3.64. The molecule has 104 valence electrons. The lowest BCUT2D eigenvalue weighted by Crippen LogP contribution is -2.28. The Morgan fingerprint density at radius 3 is 2.79 bits per heavy atom. The summed E-state index contributed by atoms with van der Waals surface area (Å²) in [4.78, 5) is 13.1. The third-order valence-electron chi connectivity index (χ3n) is 2.90. The molecular formula is C11H12BrFN2O3S. The van der Waals surface area contributed by atoms with Crippen LogP contribution in [0.2, 0.25) is 0 Å². The van der Waals surface area contributed by atoms with Gasteiger partial charge in [-0.1, -0.05) is 6.07 Å². The highest BCUT2D eigenvalue weighted by atomic mass is 79.9. The van der Waals surface area contributed by atoms with E-state index in [1.807, 2.05) is 0 Å². The molecule has 1 aromatic rings. The molecule has 8 heteroatoms. The van der Waals surface area contributed by atoms with Gasteiger partial charge in [0.05, 0.1) is 15.9 Å². The Kier molecular flexibility index (Phi) is 3.93. The van der Waals surface area contributed by atoms with Gasteiger partial charge in [0.2, 0.25) is 15.9 Å². The number of anilines is 1. The van der Waals surface area contributed by atoms with Crippen LogP contribution in [0.4, 0.5) is 10.1 Å². The van der Waals surface area contributed by atoms with Gasteiger partial charge in [0.1, 0.15) is 0 Å². The first-order chi connectivity index (χ1) is 8.78. The molecule has 0 spiro atoms. The van der Waals surface area contributed by atoms with Gasteiger partial charge in [0.15, 0.2) is 5.82 Å². The molecule has 1 saturated heterocycles. The summed E-state index contributed by atoms with van der Waals surface area (Å²) >= 11 is 3.05. The molecule has 1 aromatic carbocycles. The highest BCUT2D eigenvalue weighted by Crippen LogP contribution is 2.31. The number of sulfonamides is 1. The second-order valence-electron chi connectivity index (χ2n) is 4.48. The zero-order valence-corrected chi connectivity index (χ0v) is 12.2. The molecule has 19 heavy (non-hydrogen) atoms. The van der Waals surface area contributed by atoms with E-state index in [0.717, 1.165) is 0 Å². The summed E-state index contributed by atoms with van der Waals surface area (Å²) in [5.74, 6) is -1.51. The summed E-state index contributed by atoms with van der Waals surface area (Å²) in [7, 11) is -3.64. The lowest BCUT2D eigenvalue weighted by atomic mass is 10.1. The van der Waals surface area contributed by atoms with Crippen LogP contribution in [0.25, 0.3) is 0 Å². The molecule has 5 nitrogen and oxygen atoms in total. The van der Waals surface area contributed by atoms with Crippen LogP contribution < -0.4 is 10.0 Å². The average molecular weight is 351 g/mol. The van der Waals surface area contributed by atoms with Crippen molar-refractivity contribution < 1.29 is 17.6 Å². The van der Waals surface area contributed by atoms with E-state index < -0.39 is 21.8 Å². The Balaban J connectivity index is 2.23. The fourth-order valence-electron chi connectivity index (χ4n) is 2.16. The second-order valence-corrected chi connectivity index (χ2v) is 6.99. The lowest BCUT2D eigenvalue weighted by Gasteiger charge is -2.17. The zero-order chi connectivity index (χ0) is 14.2. The van der Waals surface area contributed by atoms with Crippen LogP contribution in [0.15, 0.2) is 22.7 Å². The fraction of sp³-hybridized carbons (Fsp3) is 0.364. The number of nitrogens with zero attached hydrogens (tertiary/aromatic N) is 1. The van der Waals surface area contributed by atoms with Gasteiger partial charge in [-0.3, -0.25) is 4.79 Å². The summed E-state index contributed by atoms with van der Waals surface area (Å²) in [5.41, 5.74) is 0.149. The Bertz CT molecular complexity index is 620. The van der Waals surface area contributed by atoms with Crippen molar-refractivity contribution in [1.29, 1.82) is 0 Å². The summed E-state index contributed by atoms with van der Waals surface area (Å²) in [6.45, 7) is 0.155. The van der Waals surface area contributed by atoms with Gasteiger partial charge >= 0.3 is 0 Å². The molecule has 1 aliphatic rings. The van der Waals surface area contributed by atoms with E-state index in [1.54, 1.807) is 6.07 Å². The standard InChI is InChI=1S/C11H12BrFN2O3S/c12-8-2-1-3-9(11(8)13)15-5-7(4-10(15)16)6-19(14,17)18/h1-3,7H,4-6H2,(H2,14,17,18). The number of nitrogens with two attached hydrogens (primary N) is 1. The van der Waals surface area contributed by atoms with Crippen LogP contribution in [0.5, 0.6) is 0 Å². The molecule has 0 aliphatic carbocycles. The van der Waals surface area contributed by atoms with Crippen molar-refractivity contribution in [3.63, 3.8) is 0 Å². The minimum absolute atomic E-state index is 0.0579. The maximum atomic E-state index is 13.9. The van der Waals surface area contributed by atoms with Gasteiger partial charge in [-0.05, 0) is 28.1 Å². The van der Waals surface area contributed by atoms with Crippen LogP contribution >= 0.6 is 15.9 Å². The maximum Gasteiger partial charge on any atom is 0.227 e. The Labute approximate surface area is 118 Å². The lowest BCUT2D eigenvalue weighted by molar-refractivity contribution is -0.117. The molecule has 0 radical (unpaired) electrons. The number of primary sulfonamides is 1. The fourth-order valence-corrected chi connectivity index (χ4v) is 3.39. The van der Waals surface area contributed by atoms with Gasteiger partial charge in [-0.25, -0.2) is 17.9 Å². The summed E-state index contributed by atoms with van der Waals surface area (Å²) in [6.07, 6.45) is 0.0579. The quantitative estimate of drug-likeness (QED) is 0.890. The van der Waals surface area contributed by atoms with Gasteiger partial charge in [-0.15, -0.1) is 0 Å². The third-order valence-corrected chi connectivity index (χ3v) is 4.44. The monoisotopic (exact) mass is 350 g/mol. The molecule has 1 fully saturated rings. The molecule has 2 N–H and O–H groups in total. The van der Waals surface area contributed by atoms with Crippen molar-refractivity contribution in [2.45, 2.75) is 6.42 Å². The Morgan fingerprint density at radius 2 is 2.16 bits per heavy atom. The molecular weight excluding hydrogens is 339 g/mol. The molecule has 0 bridgehead atoms. The SMILES string of the molecule is NS(=O)(=O)CC1CC(=O)N(c2cccc(Br)c2F)C1. The number of halogens is 2. The van der Waals surface area contributed by atoms with Crippen LogP contribution in [0, 0.1) is 11.7 Å². The van der Waals surface area contributed by atoms with E-state index in [1.165, 1.54) is 17.0 Å². The van der Waals surface area contributed by atoms with E-state index in [2.05, 4.69) is 15.9 Å². The normalized spacial score (nSPS) is 20.1. The summed E-state index contributed by atoms with van der Waals surface area (Å²) in [6, 6.07) is 4.63. The molecule has 1 aliphatic heterocycles. The van der Waals surface area contributed by atoms with E-state index in [-0.39, 0.29) is 34.8 Å². The third kappa shape index (κ3) is 3.31. The highest BCUT2D eigenvalue weighted by molar-refractivity contribution is 9.10. The number of rotatable bonds is 3. The van der Waals surface area contributed by atoms with E-state index in [9.17, 15) is 17.6 Å². The van der Waals surface area contributed by atoms with Crippen molar-refractivity contribution in [2.75, 3.05) is 17.2 Å². The molecule has 1 amide bonds. The average Bonchev–Trinajstić information content (AvgIpc) is 2.61. The number of benzene rings is 1. The van der Waals surface area contributed by atoms with Gasteiger partial charge in [0, 0.05) is 18.9 Å². The topological polar surface area (TPSA) is 80.5 Å². The van der Waals surface area contributed by atoms with Crippen molar-refractivity contribution in [3.8, 4) is 0 Å². The van der Waals surface area contributed by atoms with Crippen LogP contribution in [-0.4, -0.2) is 26.6 Å². The van der Waals surface area contributed by atoms with Crippen molar-refractivity contribution >= 4 is 37.5 Å². The first kappa shape index (κ1) is 14.4. The van der Waals surface area contributed by atoms with Gasteiger partial charge < -0.3 is 4.90 Å². The smallest absolute Gasteiger partial charge is 0.227 e. The Hall–Kier alpha value is -0.990. The number of hydrogen-bond acceptors (Lipinski definition) is 3. The summed E-state index contributed by atoms with van der Waals surface area (Å²) < 4.78 is 36.2. The molecule has 0 aromatic heterocycles. The highest BCUT2D eigenvalue weighted by Gasteiger charge is 2.34. The number of carbonyl (C=O) groups excluding carboxylic acids is 1. The zero-order valence-electron chi connectivity index (χ0n) is 9.84. The molecule has 0 saturated carbocycles. The molecule has 1 unspecified atom stereocenters. The first-order valence-electron chi connectivity index (χ1n) is 5.53. The van der Waals surface area contributed by atoms with Crippen LogP contribution in [-0.2, 0) is 14.8 Å². The van der Waals surface area contributed by atoms with E-state index in [0.29, 0.717) is 0 Å². The number of carbonyl (C=O) groups is 1. The molecule has 1 atom stereocenters. The van der Waals surface area contributed by atoms with Gasteiger partial charge in [0.25, 0.3) is 0 Å². The first-order valence-corrected chi connectivity index (χ1v) is 8.03. The molecule has 1 heterocycles. The van der Waals surface area contributed by atoms with Crippen molar-refractivity contribution in [3.05, 3.63) is 28.5 Å². The number of amides is 1. The predicted octanol–water partition coefficient (Wildman–Crippen LogP) is 1.23. The van der Waals surface area contributed by atoms with Crippen molar-refractivity contribution in [2.24, 2.45) is 11.1 Å². The minimum Gasteiger partial charge on any atom is -0.309 e. The van der Waals surface area contributed by atoms with Crippen molar-refractivity contribution in [1.82, 2.24) is 0 Å². The van der Waals surface area contributed by atoms with E-state index in [4.69, 9.17) is 5.14 Å². The molecule has 2 rings (SSSR count).